The second-order valence-electron chi connectivity index (χ2n) is 8.83. The van der Waals surface area contributed by atoms with Crippen LogP contribution in [0.3, 0.4) is 0 Å². The highest BCUT2D eigenvalue weighted by Gasteiger charge is 2.41. The van der Waals surface area contributed by atoms with Gasteiger partial charge < -0.3 is 4.74 Å². The van der Waals surface area contributed by atoms with E-state index in [1.54, 1.807) is 6.07 Å². The maximum atomic E-state index is 14.3. The van der Waals surface area contributed by atoms with E-state index in [2.05, 4.69) is 23.8 Å². The molecular formula is C25H31F5OSi. The van der Waals surface area contributed by atoms with Gasteiger partial charge in [0.15, 0.2) is 18.2 Å². The van der Waals surface area contributed by atoms with Crippen LogP contribution in [-0.2, 0) is 0 Å². The average Bonchev–Trinajstić information content (AvgIpc) is 2.79. The van der Waals surface area contributed by atoms with E-state index < -0.39 is 39.3 Å². The molecule has 1 aliphatic heterocycles. The second-order valence-corrected chi connectivity index (χ2v) is 12.3. The van der Waals surface area contributed by atoms with Crippen molar-refractivity contribution in [3.63, 3.8) is 0 Å². The third-order valence-electron chi connectivity index (χ3n) is 6.45. The van der Waals surface area contributed by atoms with Gasteiger partial charge >= 0.3 is 12.3 Å². The van der Waals surface area contributed by atoms with Gasteiger partial charge in [-0.1, -0.05) is 74.7 Å². The molecule has 176 valence electrons. The van der Waals surface area contributed by atoms with Crippen molar-refractivity contribution in [1.82, 2.24) is 0 Å². The highest BCUT2D eigenvalue weighted by Crippen LogP contribution is 2.36. The van der Waals surface area contributed by atoms with E-state index in [0.717, 1.165) is 5.56 Å². The maximum Gasteiger partial charge on any atom is 0.340 e. The number of hydrogen-bond acceptors (Lipinski definition) is 1. The van der Waals surface area contributed by atoms with Crippen molar-refractivity contribution in [2.75, 3.05) is 6.61 Å². The van der Waals surface area contributed by atoms with Gasteiger partial charge in [-0.2, -0.15) is 8.78 Å². The van der Waals surface area contributed by atoms with Crippen LogP contribution in [0.25, 0.3) is 11.1 Å². The van der Waals surface area contributed by atoms with E-state index in [9.17, 15) is 22.0 Å². The summed E-state index contributed by atoms with van der Waals surface area (Å²) in [6.45, 7) is 0.677. The lowest BCUT2D eigenvalue weighted by Gasteiger charge is -2.28. The van der Waals surface area contributed by atoms with Crippen molar-refractivity contribution in [2.24, 2.45) is 0 Å². The molecule has 1 heterocycles. The molecular weight excluding hydrogens is 439 g/mol. The minimum atomic E-state index is -4.32. The molecule has 1 saturated heterocycles. The molecule has 0 bridgehead atoms. The number of benzene rings is 2. The summed E-state index contributed by atoms with van der Waals surface area (Å²) in [5.74, 6) is -5.06. The summed E-state index contributed by atoms with van der Waals surface area (Å²) >= 11 is 0. The highest BCUT2D eigenvalue weighted by molar-refractivity contribution is 6.59. The van der Waals surface area contributed by atoms with Gasteiger partial charge in [0, 0.05) is 8.80 Å². The van der Waals surface area contributed by atoms with Crippen LogP contribution < -0.4 is 4.74 Å². The third-order valence-corrected chi connectivity index (χ3v) is 9.97. The van der Waals surface area contributed by atoms with Crippen LogP contribution in [0.2, 0.25) is 18.1 Å². The van der Waals surface area contributed by atoms with Gasteiger partial charge in [0.1, 0.15) is 0 Å². The first-order valence-corrected chi connectivity index (χ1v) is 13.9. The van der Waals surface area contributed by atoms with Gasteiger partial charge in [0.2, 0.25) is 0 Å². The fraction of sp³-hybridized carbons (Fsp3) is 0.520. The van der Waals surface area contributed by atoms with Crippen molar-refractivity contribution in [3.05, 3.63) is 53.8 Å². The quantitative estimate of drug-likeness (QED) is 0.194. The van der Waals surface area contributed by atoms with Crippen molar-refractivity contribution >= 4 is 8.80 Å². The van der Waals surface area contributed by atoms with Gasteiger partial charge in [-0.3, -0.25) is 0 Å². The third kappa shape index (κ3) is 6.56. The summed E-state index contributed by atoms with van der Waals surface area (Å²) < 4.78 is 69.3. The molecule has 0 radical (unpaired) electrons. The summed E-state index contributed by atoms with van der Waals surface area (Å²) in [6.07, 6.45) is 2.68. The lowest BCUT2D eigenvalue weighted by Crippen LogP contribution is -2.33. The summed E-state index contributed by atoms with van der Waals surface area (Å²) in [5, 5.41) is 0. The van der Waals surface area contributed by atoms with Crippen molar-refractivity contribution in [2.45, 2.75) is 75.4 Å². The van der Waals surface area contributed by atoms with Gasteiger partial charge in [-0.15, -0.1) is 0 Å². The number of alkyl halides is 4. The maximum absolute atomic E-state index is 14.3. The molecule has 2 aromatic rings. The lowest BCUT2D eigenvalue weighted by atomic mass is 9.92. The molecule has 0 aliphatic carbocycles. The molecule has 2 aromatic carbocycles. The molecule has 0 N–H and O–H groups in total. The second kappa shape index (κ2) is 11.3. The molecule has 3 rings (SSSR count). The minimum Gasteiger partial charge on any atom is -0.484 e. The Morgan fingerprint density at radius 2 is 1.66 bits per heavy atom. The predicted octanol–water partition coefficient (Wildman–Crippen LogP) is 8.07. The number of unbranched alkanes of at least 4 members (excludes halogenated alkanes) is 2. The number of hydrogen-bond donors (Lipinski definition) is 0. The van der Waals surface area contributed by atoms with Crippen molar-refractivity contribution in [1.29, 1.82) is 0 Å². The first-order valence-electron chi connectivity index (χ1n) is 11.5. The molecule has 0 aromatic heterocycles. The zero-order valence-electron chi connectivity index (χ0n) is 18.4. The molecule has 1 aliphatic rings. The molecule has 7 heteroatoms. The molecule has 32 heavy (non-hydrogen) atoms. The Hall–Kier alpha value is -1.89. The fourth-order valence-corrected chi connectivity index (χ4v) is 7.93. The smallest absolute Gasteiger partial charge is 0.340 e. The largest absolute Gasteiger partial charge is 0.484 e. The van der Waals surface area contributed by atoms with Crippen LogP contribution in [0.4, 0.5) is 22.0 Å². The molecule has 0 spiro atoms. The van der Waals surface area contributed by atoms with Gasteiger partial charge in [0.25, 0.3) is 0 Å². The van der Waals surface area contributed by atoms with E-state index in [4.69, 9.17) is 0 Å². The SMILES string of the molecule is CCCCC[SiH]1CCC(c2ccc(-c3ccc(OCC(F)(F)C(F)F)c(F)c3)cc2)CC1. The Balaban J connectivity index is 1.57. The molecule has 1 fully saturated rings. The normalized spacial score (nSPS) is 19.3. The molecule has 1 nitrogen and oxygen atoms in total. The topological polar surface area (TPSA) is 9.23 Å². The standard InChI is InChI=1S/C25H31F5OSi/c1-2-3-4-13-32-14-11-20(12-15-32)18-5-7-19(8-6-18)21-9-10-23(22(26)16-21)31-17-25(29,30)24(27)28/h5-10,16,20,24,32H,2-4,11-15,17H2,1H3. The number of halogens is 5. The Morgan fingerprint density at radius 1 is 1.00 bits per heavy atom. The Kier molecular flexibility index (Phi) is 8.74. The van der Waals surface area contributed by atoms with E-state index in [0.29, 0.717) is 11.5 Å². The fourth-order valence-electron chi connectivity index (χ4n) is 4.45. The summed E-state index contributed by atoms with van der Waals surface area (Å²) in [5.41, 5.74) is 2.69. The molecule has 0 amide bonds. The van der Waals surface area contributed by atoms with Gasteiger partial charge in [0.05, 0.1) is 0 Å². The lowest BCUT2D eigenvalue weighted by molar-refractivity contribution is -0.148. The zero-order chi connectivity index (χ0) is 23.1. The summed E-state index contributed by atoms with van der Waals surface area (Å²) in [4.78, 5) is 0. The van der Waals surface area contributed by atoms with Crippen LogP contribution in [-0.4, -0.2) is 27.8 Å². The van der Waals surface area contributed by atoms with Crippen LogP contribution in [0.1, 0.15) is 50.5 Å². The Bertz CT molecular complexity index is 848. The van der Waals surface area contributed by atoms with Crippen molar-refractivity contribution < 1.29 is 26.7 Å². The van der Waals surface area contributed by atoms with Crippen LogP contribution in [0.15, 0.2) is 42.5 Å². The minimum absolute atomic E-state index is 0.467. The Morgan fingerprint density at radius 3 is 2.25 bits per heavy atom. The van der Waals surface area contributed by atoms with Crippen LogP contribution in [0.5, 0.6) is 5.75 Å². The van der Waals surface area contributed by atoms with E-state index >= 15 is 0 Å². The molecule has 0 unspecified atom stereocenters. The van der Waals surface area contributed by atoms with E-state index in [1.807, 2.05) is 12.1 Å². The summed E-state index contributed by atoms with van der Waals surface area (Å²) in [6, 6.07) is 16.3. The van der Waals surface area contributed by atoms with Gasteiger partial charge in [-0.25, -0.2) is 13.2 Å². The number of ether oxygens (including phenoxy) is 1. The monoisotopic (exact) mass is 470 g/mol. The molecule has 0 atom stereocenters. The van der Waals surface area contributed by atoms with Crippen LogP contribution >= 0.6 is 0 Å². The zero-order valence-corrected chi connectivity index (χ0v) is 19.6. The predicted molar refractivity (Wildman–Crippen MR) is 121 cm³/mol. The van der Waals surface area contributed by atoms with E-state index in [-0.39, 0.29) is 0 Å². The number of rotatable bonds is 10. The first-order chi connectivity index (χ1) is 15.3. The average molecular weight is 471 g/mol. The van der Waals surface area contributed by atoms with E-state index in [1.165, 1.54) is 67.9 Å². The van der Waals surface area contributed by atoms with Gasteiger partial charge in [-0.05, 0) is 47.6 Å². The van der Waals surface area contributed by atoms with Crippen LogP contribution in [0, 0.1) is 5.82 Å². The highest BCUT2D eigenvalue weighted by atomic mass is 28.3. The Labute approximate surface area is 188 Å². The summed E-state index contributed by atoms with van der Waals surface area (Å²) in [7, 11) is -0.554. The molecule has 0 saturated carbocycles. The first kappa shape index (κ1) is 24.7. The van der Waals surface area contributed by atoms with Crippen molar-refractivity contribution in [3.8, 4) is 16.9 Å².